The maximum absolute atomic E-state index is 12.8. The minimum Gasteiger partial charge on any atom is -0.489 e. The van der Waals surface area contributed by atoms with Crippen LogP contribution in [0.3, 0.4) is 0 Å². The zero-order chi connectivity index (χ0) is 21.8. The van der Waals surface area contributed by atoms with Crippen molar-refractivity contribution >= 4 is 33.2 Å². The summed E-state index contributed by atoms with van der Waals surface area (Å²) in [5, 5.41) is 8.14. The summed E-state index contributed by atoms with van der Waals surface area (Å²) in [7, 11) is -3.17. The zero-order valence-electron chi connectivity index (χ0n) is 17.5. The fourth-order valence-electron chi connectivity index (χ4n) is 4.33. The van der Waals surface area contributed by atoms with Gasteiger partial charge < -0.3 is 10.1 Å². The molecule has 0 bridgehead atoms. The van der Waals surface area contributed by atoms with Crippen molar-refractivity contribution < 1.29 is 22.7 Å². The van der Waals surface area contributed by atoms with Gasteiger partial charge in [0.05, 0.1) is 24.2 Å². The molecule has 168 valence electrons. The maximum Gasteiger partial charge on any atom is 0.273 e. The standard InChI is InChI=1S/C21H28N4O5S/c26-19-9-8-17(24-25(19)16-10-12-31(28,29)14-16)21(27)23-20-18(7-4-11-22-20)30-13-15-5-2-1-3-6-15/h4,7,11,15-16H,1-3,5-6,8-10,12-14H2,(H,22,23,27). The van der Waals surface area contributed by atoms with Crippen LogP contribution < -0.4 is 10.1 Å². The summed E-state index contributed by atoms with van der Waals surface area (Å²) in [5.74, 6) is 0.547. The lowest BCUT2D eigenvalue weighted by atomic mass is 9.90. The van der Waals surface area contributed by atoms with Gasteiger partial charge >= 0.3 is 0 Å². The Balaban J connectivity index is 1.43. The molecular formula is C21H28N4O5S. The predicted octanol–water partition coefficient (Wildman–Crippen LogP) is 2.14. The summed E-state index contributed by atoms with van der Waals surface area (Å²) in [5.41, 5.74) is 0.188. The molecule has 1 atom stereocenters. The lowest BCUT2D eigenvalue weighted by Crippen LogP contribution is -2.42. The Hall–Kier alpha value is -2.49. The molecule has 3 aliphatic rings. The number of nitrogens with one attached hydrogen (secondary N) is 1. The Morgan fingerprint density at radius 2 is 2.00 bits per heavy atom. The van der Waals surface area contributed by atoms with Gasteiger partial charge in [0, 0.05) is 19.0 Å². The summed E-state index contributed by atoms with van der Waals surface area (Å²) < 4.78 is 29.5. The molecule has 9 nitrogen and oxygen atoms in total. The number of carbonyl (C=O) groups excluding carboxylic acids is 2. The van der Waals surface area contributed by atoms with Crippen molar-refractivity contribution in [2.45, 2.75) is 57.4 Å². The Morgan fingerprint density at radius 3 is 2.74 bits per heavy atom. The van der Waals surface area contributed by atoms with E-state index in [1.807, 2.05) is 0 Å². The van der Waals surface area contributed by atoms with Gasteiger partial charge in [-0.1, -0.05) is 19.3 Å². The molecule has 2 fully saturated rings. The number of rotatable bonds is 6. The van der Waals surface area contributed by atoms with E-state index >= 15 is 0 Å². The van der Waals surface area contributed by atoms with E-state index in [4.69, 9.17) is 4.74 Å². The molecule has 0 radical (unpaired) electrons. The van der Waals surface area contributed by atoms with Crippen molar-refractivity contribution in [1.29, 1.82) is 0 Å². The average molecular weight is 449 g/mol. The SMILES string of the molecule is O=C(Nc1ncccc1OCC1CCCCC1)C1=NN(C2CCS(=O)(=O)C2)C(=O)CC1. The minimum absolute atomic E-state index is 0.0358. The van der Waals surface area contributed by atoms with Crippen LogP contribution in [-0.2, 0) is 19.4 Å². The number of nitrogens with zero attached hydrogens (tertiary/aromatic N) is 3. The van der Waals surface area contributed by atoms with Crippen molar-refractivity contribution in [2.24, 2.45) is 11.0 Å². The molecule has 31 heavy (non-hydrogen) atoms. The first kappa shape index (κ1) is 21.7. The van der Waals surface area contributed by atoms with E-state index < -0.39 is 21.8 Å². The lowest BCUT2D eigenvalue weighted by Gasteiger charge is -2.27. The van der Waals surface area contributed by atoms with Crippen LogP contribution in [0.1, 0.15) is 51.4 Å². The summed E-state index contributed by atoms with van der Waals surface area (Å²) in [6.45, 7) is 0.591. The Bertz CT molecular complexity index is 972. The number of ether oxygens (including phenoxy) is 1. The van der Waals surface area contributed by atoms with Gasteiger partial charge in [0.2, 0.25) is 5.91 Å². The molecule has 1 aromatic heterocycles. The van der Waals surface area contributed by atoms with Gasteiger partial charge in [-0.2, -0.15) is 5.10 Å². The number of anilines is 1. The maximum atomic E-state index is 12.8. The number of hydrogen-bond donors (Lipinski definition) is 1. The van der Waals surface area contributed by atoms with Crippen LogP contribution >= 0.6 is 0 Å². The van der Waals surface area contributed by atoms with E-state index in [-0.39, 0.29) is 36.0 Å². The van der Waals surface area contributed by atoms with Crippen molar-refractivity contribution in [2.75, 3.05) is 23.4 Å². The molecule has 1 aromatic rings. The number of aromatic nitrogens is 1. The van der Waals surface area contributed by atoms with E-state index in [2.05, 4.69) is 15.4 Å². The van der Waals surface area contributed by atoms with Crippen LogP contribution in [0.2, 0.25) is 0 Å². The van der Waals surface area contributed by atoms with Crippen LogP contribution in [0.5, 0.6) is 5.75 Å². The van der Waals surface area contributed by atoms with E-state index in [0.717, 1.165) is 12.8 Å². The Labute approximate surface area is 182 Å². The van der Waals surface area contributed by atoms with Gasteiger partial charge in [0.1, 0.15) is 5.71 Å². The first-order valence-electron chi connectivity index (χ1n) is 10.9. The van der Waals surface area contributed by atoms with Gasteiger partial charge in [-0.3, -0.25) is 9.59 Å². The van der Waals surface area contributed by atoms with E-state index in [1.54, 1.807) is 18.3 Å². The molecule has 1 N–H and O–H groups in total. The first-order chi connectivity index (χ1) is 14.9. The second-order valence-electron chi connectivity index (χ2n) is 8.46. The van der Waals surface area contributed by atoms with Crippen LogP contribution in [0.4, 0.5) is 5.82 Å². The van der Waals surface area contributed by atoms with Crippen LogP contribution in [0.15, 0.2) is 23.4 Å². The molecular weight excluding hydrogens is 420 g/mol. The van der Waals surface area contributed by atoms with Crippen molar-refractivity contribution in [1.82, 2.24) is 9.99 Å². The third-order valence-corrected chi connectivity index (χ3v) is 7.83. The largest absolute Gasteiger partial charge is 0.489 e. The Morgan fingerprint density at radius 1 is 1.19 bits per heavy atom. The number of hydrogen-bond acceptors (Lipinski definition) is 7. The molecule has 2 amide bonds. The normalized spacial score (nSPS) is 24.0. The molecule has 1 saturated heterocycles. The quantitative estimate of drug-likeness (QED) is 0.712. The van der Waals surface area contributed by atoms with Gasteiger partial charge in [0.25, 0.3) is 5.91 Å². The summed E-state index contributed by atoms with van der Waals surface area (Å²) in [4.78, 5) is 29.3. The molecule has 2 aliphatic heterocycles. The molecule has 1 saturated carbocycles. The third-order valence-electron chi connectivity index (χ3n) is 6.08. The average Bonchev–Trinajstić information content (AvgIpc) is 3.13. The van der Waals surface area contributed by atoms with E-state index in [1.165, 1.54) is 24.3 Å². The molecule has 4 rings (SSSR count). The van der Waals surface area contributed by atoms with Crippen LogP contribution in [-0.4, -0.2) is 60.1 Å². The second kappa shape index (κ2) is 9.33. The van der Waals surface area contributed by atoms with Gasteiger partial charge in [-0.25, -0.2) is 18.4 Å². The fourth-order valence-corrected chi connectivity index (χ4v) is 6.02. The number of pyridine rings is 1. The molecule has 1 aliphatic carbocycles. The summed E-state index contributed by atoms with van der Waals surface area (Å²) in [6.07, 6.45) is 8.26. The van der Waals surface area contributed by atoms with Crippen LogP contribution in [0, 0.1) is 5.92 Å². The van der Waals surface area contributed by atoms with Gasteiger partial charge in [-0.05, 0) is 37.3 Å². The molecule has 10 heteroatoms. The van der Waals surface area contributed by atoms with E-state index in [0.29, 0.717) is 30.5 Å². The van der Waals surface area contributed by atoms with E-state index in [9.17, 15) is 18.0 Å². The predicted molar refractivity (Wildman–Crippen MR) is 116 cm³/mol. The summed E-state index contributed by atoms with van der Waals surface area (Å²) >= 11 is 0. The number of carbonyl (C=O) groups is 2. The molecule has 3 heterocycles. The highest BCUT2D eigenvalue weighted by molar-refractivity contribution is 7.91. The highest BCUT2D eigenvalue weighted by atomic mass is 32.2. The van der Waals surface area contributed by atoms with Crippen molar-refractivity contribution in [3.8, 4) is 5.75 Å². The minimum atomic E-state index is -3.17. The molecule has 0 spiro atoms. The topological polar surface area (TPSA) is 118 Å². The van der Waals surface area contributed by atoms with Gasteiger partial charge in [0.15, 0.2) is 21.4 Å². The molecule has 1 unspecified atom stereocenters. The number of hydrazone groups is 1. The monoisotopic (exact) mass is 448 g/mol. The Kier molecular flexibility index (Phi) is 6.54. The third kappa shape index (κ3) is 5.41. The summed E-state index contributed by atoms with van der Waals surface area (Å²) in [6, 6.07) is 3.02. The smallest absolute Gasteiger partial charge is 0.273 e. The molecule has 0 aromatic carbocycles. The van der Waals surface area contributed by atoms with Crippen LogP contribution in [0.25, 0.3) is 0 Å². The first-order valence-corrected chi connectivity index (χ1v) is 12.7. The highest BCUT2D eigenvalue weighted by Gasteiger charge is 2.37. The number of sulfone groups is 1. The van der Waals surface area contributed by atoms with Crippen molar-refractivity contribution in [3.05, 3.63) is 18.3 Å². The second-order valence-corrected chi connectivity index (χ2v) is 10.7. The lowest BCUT2D eigenvalue weighted by molar-refractivity contribution is -0.133. The zero-order valence-corrected chi connectivity index (χ0v) is 18.3. The van der Waals surface area contributed by atoms with Gasteiger partial charge in [-0.15, -0.1) is 0 Å². The number of amides is 2. The fraction of sp³-hybridized carbons (Fsp3) is 0.619. The van der Waals surface area contributed by atoms with Crippen molar-refractivity contribution in [3.63, 3.8) is 0 Å². The highest BCUT2D eigenvalue weighted by Crippen LogP contribution is 2.27.